The first kappa shape index (κ1) is 19.2. The minimum Gasteiger partial charge on any atom is -0.374 e. The predicted molar refractivity (Wildman–Crippen MR) is 103 cm³/mol. The van der Waals surface area contributed by atoms with Gasteiger partial charge in [-0.25, -0.2) is 12.8 Å². The molecule has 0 unspecified atom stereocenters. The molecule has 1 aliphatic rings. The van der Waals surface area contributed by atoms with Gasteiger partial charge in [-0.3, -0.25) is 9.52 Å². The second kappa shape index (κ2) is 7.96. The van der Waals surface area contributed by atoms with Crippen LogP contribution >= 0.6 is 0 Å². The molecule has 0 radical (unpaired) electrons. The largest absolute Gasteiger partial charge is 0.374 e. The first-order valence-corrected chi connectivity index (χ1v) is 10.3. The van der Waals surface area contributed by atoms with Crippen LogP contribution in [-0.2, 0) is 14.8 Å². The van der Waals surface area contributed by atoms with Gasteiger partial charge >= 0.3 is 0 Å². The number of hydrogen-bond acceptors (Lipinski definition) is 4. The van der Waals surface area contributed by atoms with Crippen LogP contribution in [0.1, 0.15) is 19.8 Å². The summed E-state index contributed by atoms with van der Waals surface area (Å²) in [6.45, 7) is 3.41. The second-order valence-corrected chi connectivity index (χ2v) is 8.22. The van der Waals surface area contributed by atoms with Gasteiger partial charge in [0, 0.05) is 24.5 Å². The van der Waals surface area contributed by atoms with Crippen molar-refractivity contribution in [3.8, 4) is 0 Å². The van der Waals surface area contributed by atoms with Crippen LogP contribution in [0.25, 0.3) is 0 Å². The van der Waals surface area contributed by atoms with Crippen molar-refractivity contribution in [2.24, 2.45) is 0 Å². The number of anilines is 2. The van der Waals surface area contributed by atoms with Crippen LogP contribution in [0.3, 0.4) is 0 Å². The molecule has 2 aromatic carbocycles. The number of nitrogens with one attached hydrogen (secondary N) is 2. The SMILES string of the molecule is C[C@@H](Nc1ccc(NS(=O)(=O)c2ccc(F)cc2)cc1)C(=O)N1CCCC1. The summed E-state index contributed by atoms with van der Waals surface area (Å²) in [4.78, 5) is 14.2. The first-order valence-electron chi connectivity index (χ1n) is 8.79. The predicted octanol–water partition coefficient (Wildman–Crippen LogP) is 3.05. The van der Waals surface area contributed by atoms with Gasteiger partial charge in [-0.15, -0.1) is 0 Å². The Morgan fingerprint density at radius 2 is 1.56 bits per heavy atom. The molecule has 3 rings (SSSR count). The van der Waals surface area contributed by atoms with Crippen LogP contribution in [0.5, 0.6) is 0 Å². The van der Waals surface area contributed by atoms with Crippen molar-refractivity contribution in [2.45, 2.75) is 30.7 Å². The molecule has 1 aliphatic heterocycles. The zero-order valence-electron chi connectivity index (χ0n) is 15.0. The molecule has 27 heavy (non-hydrogen) atoms. The number of likely N-dealkylation sites (tertiary alicyclic amines) is 1. The van der Waals surface area contributed by atoms with E-state index < -0.39 is 15.8 Å². The zero-order valence-corrected chi connectivity index (χ0v) is 15.8. The Balaban J connectivity index is 1.63. The second-order valence-electron chi connectivity index (χ2n) is 6.54. The van der Waals surface area contributed by atoms with Crippen molar-refractivity contribution in [1.29, 1.82) is 0 Å². The van der Waals surface area contributed by atoms with Crippen molar-refractivity contribution in [3.63, 3.8) is 0 Å². The molecular weight excluding hydrogens is 369 g/mol. The van der Waals surface area contributed by atoms with E-state index in [0.29, 0.717) is 5.69 Å². The summed E-state index contributed by atoms with van der Waals surface area (Å²) in [5, 5.41) is 3.14. The van der Waals surface area contributed by atoms with Crippen LogP contribution in [0, 0.1) is 5.82 Å². The fourth-order valence-corrected chi connectivity index (χ4v) is 4.04. The third-order valence-electron chi connectivity index (χ3n) is 4.43. The van der Waals surface area contributed by atoms with Gasteiger partial charge in [0.2, 0.25) is 5.91 Å². The minimum absolute atomic E-state index is 0.0177. The van der Waals surface area contributed by atoms with E-state index in [1.165, 1.54) is 12.1 Å². The number of rotatable bonds is 6. The van der Waals surface area contributed by atoms with Gasteiger partial charge in [0.15, 0.2) is 0 Å². The number of benzene rings is 2. The lowest BCUT2D eigenvalue weighted by Gasteiger charge is -2.22. The van der Waals surface area contributed by atoms with Crippen molar-refractivity contribution in [3.05, 3.63) is 54.3 Å². The van der Waals surface area contributed by atoms with Crippen molar-refractivity contribution >= 4 is 27.3 Å². The highest BCUT2D eigenvalue weighted by molar-refractivity contribution is 7.92. The molecule has 6 nitrogen and oxygen atoms in total. The Labute approximate surface area is 158 Å². The molecule has 1 atom stereocenters. The summed E-state index contributed by atoms with van der Waals surface area (Å²) in [5.74, 6) is -0.435. The van der Waals surface area contributed by atoms with Crippen LogP contribution < -0.4 is 10.0 Å². The summed E-state index contributed by atoms with van der Waals surface area (Å²) in [5.41, 5.74) is 1.10. The van der Waals surface area contributed by atoms with Crippen molar-refractivity contribution < 1.29 is 17.6 Å². The monoisotopic (exact) mass is 391 g/mol. The molecule has 0 saturated carbocycles. The van der Waals surface area contributed by atoms with Gasteiger partial charge in [-0.2, -0.15) is 0 Å². The molecule has 2 N–H and O–H groups in total. The summed E-state index contributed by atoms with van der Waals surface area (Å²) < 4.78 is 40.0. The number of nitrogens with zero attached hydrogens (tertiary/aromatic N) is 1. The maximum Gasteiger partial charge on any atom is 0.261 e. The molecule has 0 spiro atoms. The molecule has 0 aliphatic carbocycles. The first-order chi connectivity index (χ1) is 12.8. The van der Waals surface area contributed by atoms with Crippen molar-refractivity contribution in [1.82, 2.24) is 4.90 Å². The van der Waals surface area contributed by atoms with Crippen LogP contribution in [0.15, 0.2) is 53.4 Å². The maximum atomic E-state index is 13.0. The maximum absolute atomic E-state index is 13.0. The smallest absolute Gasteiger partial charge is 0.261 e. The normalized spacial score (nSPS) is 15.4. The highest BCUT2D eigenvalue weighted by atomic mass is 32.2. The lowest BCUT2D eigenvalue weighted by atomic mass is 10.2. The number of carbonyl (C=O) groups is 1. The number of halogens is 1. The van der Waals surface area contributed by atoms with Crippen molar-refractivity contribution in [2.75, 3.05) is 23.1 Å². The van der Waals surface area contributed by atoms with Gasteiger partial charge in [-0.05, 0) is 68.3 Å². The molecular formula is C19H22FN3O3S. The van der Waals surface area contributed by atoms with Crippen LogP contribution in [-0.4, -0.2) is 38.4 Å². The van der Waals surface area contributed by atoms with Gasteiger partial charge in [0.1, 0.15) is 11.9 Å². The van der Waals surface area contributed by atoms with Gasteiger partial charge in [0.05, 0.1) is 4.90 Å². The minimum atomic E-state index is -3.79. The molecule has 0 bridgehead atoms. The number of carbonyl (C=O) groups excluding carboxylic acids is 1. The van der Waals surface area contributed by atoms with E-state index in [1.54, 1.807) is 24.3 Å². The summed E-state index contributed by atoms with van der Waals surface area (Å²) in [6, 6.07) is 10.9. The van der Waals surface area contributed by atoms with Crippen LogP contribution in [0.4, 0.5) is 15.8 Å². The Morgan fingerprint density at radius 3 is 2.15 bits per heavy atom. The Kier molecular flexibility index (Phi) is 5.65. The van der Waals surface area contributed by atoms with Gasteiger partial charge in [0.25, 0.3) is 10.0 Å². The molecule has 144 valence electrons. The molecule has 2 aromatic rings. The van der Waals surface area contributed by atoms with E-state index in [4.69, 9.17) is 0 Å². The van der Waals surface area contributed by atoms with E-state index in [2.05, 4.69) is 10.0 Å². The summed E-state index contributed by atoms with van der Waals surface area (Å²) >= 11 is 0. The molecule has 0 aromatic heterocycles. The fourth-order valence-electron chi connectivity index (χ4n) is 2.99. The average Bonchev–Trinajstić information content (AvgIpc) is 3.17. The molecule has 8 heteroatoms. The number of sulfonamides is 1. The third kappa shape index (κ3) is 4.77. The Hall–Kier alpha value is -2.61. The van der Waals surface area contributed by atoms with Gasteiger partial charge < -0.3 is 10.2 Å². The topological polar surface area (TPSA) is 78.5 Å². The number of hydrogen-bond donors (Lipinski definition) is 2. The highest BCUT2D eigenvalue weighted by Crippen LogP contribution is 2.20. The lowest BCUT2D eigenvalue weighted by Crippen LogP contribution is -2.39. The van der Waals surface area contributed by atoms with Crippen LogP contribution in [0.2, 0.25) is 0 Å². The fraction of sp³-hybridized carbons (Fsp3) is 0.316. The summed E-state index contributed by atoms with van der Waals surface area (Å²) in [7, 11) is -3.79. The molecule has 1 saturated heterocycles. The van der Waals surface area contributed by atoms with E-state index >= 15 is 0 Å². The quantitative estimate of drug-likeness (QED) is 0.793. The highest BCUT2D eigenvalue weighted by Gasteiger charge is 2.23. The Morgan fingerprint density at radius 1 is 1.00 bits per heavy atom. The molecule has 1 heterocycles. The molecule has 1 amide bonds. The zero-order chi connectivity index (χ0) is 19.4. The van der Waals surface area contributed by atoms with E-state index in [9.17, 15) is 17.6 Å². The number of amides is 1. The molecule has 1 fully saturated rings. The van der Waals surface area contributed by atoms with E-state index in [1.807, 2.05) is 11.8 Å². The van der Waals surface area contributed by atoms with E-state index in [-0.39, 0.29) is 16.8 Å². The summed E-state index contributed by atoms with van der Waals surface area (Å²) in [6.07, 6.45) is 2.09. The standard InChI is InChI=1S/C19H22FN3O3S/c1-14(19(24)23-12-2-3-13-23)21-16-6-8-17(9-7-16)22-27(25,26)18-10-4-15(20)5-11-18/h4-11,14,21-22H,2-3,12-13H2,1H3/t14-/m1/s1. The van der Waals surface area contributed by atoms with E-state index in [0.717, 1.165) is 43.8 Å². The lowest BCUT2D eigenvalue weighted by molar-refractivity contribution is -0.130. The average molecular weight is 391 g/mol. The Bertz CT molecular complexity index is 893. The third-order valence-corrected chi connectivity index (χ3v) is 5.83. The van der Waals surface area contributed by atoms with Gasteiger partial charge in [-0.1, -0.05) is 0 Å².